The van der Waals surface area contributed by atoms with E-state index in [1.54, 1.807) is 26.0 Å². The van der Waals surface area contributed by atoms with Gasteiger partial charge in [0.25, 0.3) is 0 Å². The molecule has 0 aliphatic rings. The van der Waals surface area contributed by atoms with Crippen LogP contribution in [0.4, 0.5) is 0 Å². The quantitative estimate of drug-likeness (QED) is 0.760. The summed E-state index contributed by atoms with van der Waals surface area (Å²) in [5.41, 5.74) is 0.894. The topological polar surface area (TPSA) is 40.5 Å². The zero-order valence-corrected chi connectivity index (χ0v) is 9.20. The van der Waals surface area contributed by atoms with Crippen molar-refractivity contribution >= 4 is 0 Å². The maximum absolute atomic E-state index is 9.81. The highest BCUT2D eigenvalue weighted by Crippen LogP contribution is 2.28. The summed E-state index contributed by atoms with van der Waals surface area (Å²) in [6, 6.07) is 5.27. The van der Waals surface area contributed by atoms with Crippen LogP contribution in [0.5, 0.6) is 5.75 Å². The van der Waals surface area contributed by atoms with Gasteiger partial charge in [0, 0.05) is 0 Å². The van der Waals surface area contributed by atoms with Gasteiger partial charge in [0.2, 0.25) is 0 Å². The van der Waals surface area contributed by atoms with Gasteiger partial charge in [-0.05, 0) is 43.0 Å². The largest absolute Gasteiger partial charge is 0.508 e. The lowest BCUT2D eigenvalue weighted by atomic mass is 9.93. The Morgan fingerprint density at radius 3 is 2.14 bits per heavy atom. The summed E-state index contributed by atoms with van der Waals surface area (Å²) in [4.78, 5) is 0. The molecule has 0 aromatic heterocycles. The Balaban J connectivity index is 3.21. The molecule has 1 aromatic rings. The van der Waals surface area contributed by atoms with Crippen molar-refractivity contribution in [3.05, 3.63) is 29.3 Å². The highest BCUT2D eigenvalue weighted by Gasteiger charge is 2.17. The number of hydrogen-bond acceptors (Lipinski definition) is 2. The lowest BCUT2D eigenvalue weighted by Gasteiger charge is -2.20. The summed E-state index contributed by atoms with van der Waals surface area (Å²) in [5, 5.41) is 19.3. The average molecular weight is 194 g/mol. The lowest BCUT2D eigenvalue weighted by Crippen LogP contribution is -2.15. The number of rotatable bonds is 2. The van der Waals surface area contributed by atoms with E-state index in [2.05, 4.69) is 13.8 Å². The van der Waals surface area contributed by atoms with Crippen LogP contribution >= 0.6 is 0 Å². The smallest absolute Gasteiger partial charge is 0.116 e. The first-order valence-corrected chi connectivity index (χ1v) is 4.87. The van der Waals surface area contributed by atoms with Gasteiger partial charge in [-0.15, -0.1) is 0 Å². The van der Waals surface area contributed by atoms with E-state index < -0.39 is 5.60 Å². The Kier molecular flexibility index (Phi) is 2.86. The van der Waals surface area contributed by atoms with Gasteiger partial charge in [-0.3, -0.25) is 0 Å². The zero-order valence-electron chi connectivity index (χ0n) is 9.20. The number of benzene rings is 1. The number of aromatic hydroxyl groups is 1. The molecule has 2 heteroatoms. The van der Waals surface area contributed by atoms with Crippen LogP contribution in [0.2, 0.25) is 0 Å². The maximum Gasteiger partial charge on any atom is 0.116 e. The maximum atomic E-state index is 9.81. The van der Waals surface area contributed by atoms with Gasteiger partial charge < -0.3 is 10.2 Å². The normalized spacial score (nSPS) is 12.1. The highest BCUT2D eigenvalue weighted by atomic mass is 16.3. The number of aliphatic hydroxyl groups is 1. The van der Waals surface area contributed by atoms with Crippen molar-refractivity contribution < 1.29 is 10.2 Å². The molecule has 0 aliphatic heterocycles. The molecule has 0 spiro atoms. The molecule has 0 atom stereocenters. The van der Waals surface area contributed by atoms with Crippen molar-refractivity contribution in [3.63, 3.8) is 0 Å². The third-order valence-electron chi connectivity index (χ3n) is 2.31. The van der Waals surface area contributed by atoms with Crippen molar-refractivity contribution in [3.8, 4) is 5.75 Å². The predicted octanol–water partition coefficient (Wildman–Crippen LogP) is 2.74. The number of hydrogen-bond donors (Lipinski definition) is 2. The third kappa shape index (κ3) is 2.48. The Labute approximate surface area is 85.2 Å². The number of phenolic OH excluding ortho intramolecular Hbond substituents is 1. The van der Waals surface area contributed by atoms with Gasteiger partial charge in [0.1, 0.15) is 5.75 Å². The molecule has 0 saturated heterocycles. The fourth-order valence-corrected chi connectivity index (χ4v) is 1.32. The molecule has 0 fully saturated rings. The van der Waals surface area contributed by atoms with E-state index in [-0.39, 0.29) is 5.75 Å². The van der Waals surface area contributed by atoms with Crippen LogP contribution in [-0.4, -0.2) is 10.2 Å². The Morgan fingerprint density at radius 1 is 1.14 bits per heavy atom. The summed E-state index contributed by atoms with van der Waals surface area (Å²) < 4.78 is 0. The van der Waals surface area contributed by atoms with Gasteiger partial charge in [0.15, 0.2) is 0 Å². The molecule has 0 amide bonds. The van der Waals surface area contributed by atoms with E-state index in [0.29, 0.717) is 5.92 Å². The molecule has 1 aromatic carbocycles. The first-order valence-electron chi connectivity index (χ1n) is 4.87. The summed E-state index contributed by atoms with van der Waals surface area (Å²) in [6.07, 6.45) is 0. The van der Waals surface area contributed by atoms with Crippen molar-refractivity contribution in [1.29, 1.82) is 0 Å². The molecule has 2 N–H and O–H groups in total. The second-order valence-electron chi connectivity index (χ2n) is 4.53. The van der Waals surface area contributed by atoms with Gasteiger partial charge in [-0.25, -0.2) is 0 Å². The van der Waals surface area contributed by atoms with Crippen LogP contribution in [-0.2, 0) is 5.60 Å². The summed E-state index contributed by atoms with van der Waals surface area (Å²) >= 11 is 0. The molecule has 2 nitrogen and oxygen atoms in total. The Morgan fingerprint density at radius 2 is 1.71 bits per heavy atom. The Bertz CT molecular complexity index is 322. The third-order valence-corrected chi connectivity index (χ3v) is 2.31. The minimum absolute atomic E-state index is 0.216. The lowest BCUT2D eigenvalue weighted by molar-refractivity contribution is 0.0782. The molecule has 0 aliphatic carbocycles. The summed E-state index contributed by atoms with van der Waals surface area (Å²) in [7, 11) is 0. The van der Waals surface area contributed by atoms with Crippen molar-refractivity contribution in [2.24, 2.45) is 0 Å². The average Bonchev–Trinajstić information content (AvgIpc) is 2.01. The molecule has 0 heterocycles. The molecule has 0 unspecified atom stereocenters. The van der Waals surface area contributed by atoms with Gasteiger partial charge in [-0.2, -0.15) is 0 Å². The van der Waals surface area contributed by atoms with Gasteiger partial charge in [0.05, 0.1) is 5.60 Å². The van der Waals surface area contributed by atoms with Crippen molar-refractivity contribution in [1.82, 2.24) is 0 Å². The summed E-state index contributed by atoms with van der Waals surface area (Å²) in [5.74, 6) is 0.566. The molecular formula is C12H18O2. The molecular weight excluding hydrogens is 176 g/mol. The molecule has 0 saturated carbocycles. The molecule has 14 heavy (non-hydrogen) atoms. The van der Waals surface area contributed by atoms with Crippen LogP contribution < -0.4 is 0 Å². The zero-order chi connectivity index (χ0) is 10.9. The van der Waals surface area contributed by atoms with Crippen molar-refractivity contribution in [2.75, 3.05) is 0 Å². The first kappa shape index (κ1) is 11.1. The predicted molar refractivity (Wildman–Crippen MR) is 57.4 cm³/mol. The van der Waals surface area contributed by atoms with E-state index >= 15 is 0 Å². The van der Waals surface area contributed by atoms with Crippen LogP contribution in [0.3, 0.4) is 0 Å². The van der Waals surface area contributed by atoms with Crippen LogP contribution in [0, 0.1) is 0 Å². The van der Waals surface area contributed by atoms with E-state index in [9.17, 15) is 10.2 Å². The summed E-state index contributed by atoms with van der Waals surface area (Å²) in [6.45, 7) is 7.55. The van der Waals surface area contributed by atoms with Gasteiger partial charge in [-0.1, -0.05) is 19.9 Å². The second kappa shape index (κ2) is 3.62. The van der Waals surface area contributed by atoms with E-state index in [1.165, 1.54) is 0 Å². The minimum atomic E-state index is -0.900. The van der Waals surface area contributed by atoms with Gasteiger partial charge >= 0.3 is 0 Å². The second-order valence-corrected chi connectivity index (χ2v) is 4.53. The SMILES string of the molecule is CC(C)c1cc(O)cc(C(C)(C)O)c1. The molecule has 78 valence electrons. The van der Waals surface area contributed by atoms with E-state index in [1.807, 2.05) is 6.07 Å². The molecule has 0 radical (unpaired) electrons. The van der Waals surface area contributed by atoms with E-state index in [0.717, 1.165) is 11.1 Å². The fraction of sp³-hybridized carbons (Fsp3) is 0.500. The molecule has 1 rings (SSSR count). The minimum Gasteiger partial charge on any atom is -0.508 e. The Hall–Kier alpha value is -1.02. The van der Waals surface area contributed by atoms with Crippen LogP contribution in [0.25, 0.3) is 0 Å². The van der Waals surface area contributed by atoms with Crippen LogP contribution in [0.1, 0.15) is 44.7 Å². The standard InChI is InChI=1S/C12H18O2/c1-8(2)9-5-10(12(3,4)14)7-11(13)6-9/h5-8,13-14H,1-4H3. The molecule has 0 bridgehead atoms. The van der Waals surface area contributed by atoms with E-state index in [4.69, 9.17) is 0 Å². The van der Waals surface area contributed by atoms with Crippen molar-refractivity contribution in [2.45, 2.75) is 39.2 Å². The highest BCUT2D eigenvalue weighted by molar-refractivity contribution is 5.37. The van der Waals surface area contributed by atoms with Crippen LogP contribution in [0.15, 0.2) is 18.2 Å². The number of phenols is 1. The fourth-order valence-electron chi connectivity index (χ4n) is 1.32. The first-order chi connectivity index (χ1) is 6.30. The monoisotopic (exact) mass is 194 g/mol.